The first-order chi connectivity index (χ1) is 9.13. The second-order valence-corrected chi connectivity index (χ2v) is 6.13. The van der Waals surface area contributed by atoms with Gasteiger partial charge in [-0.1, -0.05) is 0 Å². The average Bonchev–Trinajstić information content (AvgIpc) is 2.39. The molecule has 1 atom stereocenters. The summed E-state index contributed by atoms with van der Waals surface area (Å²) >= 11 is 3.32. The zero-order chi connectivity index (χ0) is 13.7. The van der Waals surface area contributed by atoms with Crippen molar-refractivity contribution in [1.82, 2.24) is 9.88 Å². The standard InChI is InChI=1S/C14H20BrN3O/c1-18-8-2-3-11(10-18)4-7-14(19)17-13-6-5-12(15)9-16-13/h5-6,9,11H,2-4,7-8,10H2,1H3,(H,16,17,19). The van der Waals surface area contributed by atoms with Crippen LogP contribution in [0, 0.1) is 5.92 Å². The highest BCUT2D eigenvalue weighted by Gasteiger charge is 2.18. The van der Waals surface area contributed by atoms with Crippen molar-refractivity contribution in [1.29, 1.82) is 0 Å². The molecule has 104 valence electrons. The van der Waals surface area contributed by atoms with Gasteiger partial charge in [-0.25, -0.2) is 4.98 Å². The Morgan fingerprint density at radius 2 is 2.42 bits per heavy atom. The van der Waals surface area contributed by atoms with Crippen molar-refractivity contribution in [3.05, 3.63) is 22.8 Å². The number of nitrogens with zero attached hydrogens (tertiary/aromatic N) is 2. The molecule has 0 saturated carbocycles. The van der Waals surface area contributed by atoms with Gasteiger partial charge in [-0.2, -0.15) is 0 Å². The number of hydrogen-bond donors (Lipinski definition) is 1. The number of piperidine rings is 1. The van der Waals surface area contributed by atoms with Gasteiger partial charge in [-0.15, -0.1) is 0 Å². The molecule has 1 aromatic rings. The number of carbonyl (C=O) groups excluding carboxylic acids is 1. The summed E-state index contributed by atoms with van der Waals surface area (Å²) in [5, 5.41) is 2.84. The minimum Gasteiger partial charge on any atom is -0.311 e. The summed E-state index contributed by atoms with van der Waals surface area (Å²) in [7, 11) is 2.15. The molecule has 0 spiro atoms. The Bertz CT molecular complexity index is 421. The van der Waals surface area contributed by atoms with Crippen molar-refractivity contribution in [3.63, 3.8) is 0 Å². The molecule has 1 aromatic heterocycles. The first-order valence-corrected chi connectivity index (χ1v) is 7.53. The number of hydrogen-bond acceptors (Lipinski definition) is 3. The quantitative estimate of drug-likeness (QED) is 0.925. The summed E-state index contributed by atoms with van der Waals surface area (Å²) in [6.07, 6.45) is 5.72. The lowest BCUT2D eigenvalue weighted by Gasteiger charge is -2.29. The van der Waals surface area contributed by atoms with Gasteiger partial charge in [0, 0.05) is 23.6 Å². The maximum atomic E-state index is 11.8. The summed E-state index contributed by atoms with van der Waals surface area (Å²) in [5.41, 5.74) is 0. The first kappa shape index (κ1) is 14.5. The predicted molar refractivity (Wildman–Crippen MR) is 80.0 cm³/mol. The summed E-state index contributed by atoms with van der Waals surface area (Å²) in [5.74, 6) is 1.33. The van der Waals surface area contributed by atoms with E-state index in [0.29, 0.717) is 18.2 Å². The molecule has 4 nitrogen and oxygen atoms in total. The van der Waals surface area contributed by atoms with Gasteiger partial charge >= 0.3 is 0 Å². The van der Waals surface area contributed by atoms with Crippen LogP contribution in [0.5, 0.6) is 0 Å². The third-order valence-electron chi connectivity index (χ3n) is 3.50. The first-order valence-electron chi connectivity index (χ1n) is 6.73. The van der Waals surface area contributed by atoms with Crippen molar-refractivity contribution < 1.29 is 4.79 Å². The maximum Gasteiger partial charge on any atom is 0.225 e. The Balaban J connectivity index is 1.73. The van der Waals surface area contributed by atoms with Crippen LogP contribution in [0.1, 0.15) is 25.7 Å². The Hall–Kier alpha value is -0.940. The van der Waals surface area contributed by atoms with Crippen molar-refractivity contribution in [2.24, 2.45) is 5.92 Å². The van der Waals surface area contributed by atoms with E-state index < -0.39 is 0 Å². The Morgan fingerprint density at radius 1 is 1.58 bits per heavy atom. The molecule has 5 heteroatoms. The van der Waals surface area contributed by atoms with Crippen LogP contribution in [0.3, 0.4) is 0 Å². The molecule has 0 aromatic carbocycles. The van der Waals surface area contributed by atoms with Crippen LogP contribution in [0.15, 0.2) is 22.8 Å². The van der Waals surface area contributed by atoms with Crippen LogP contribution < -0.4 is 5.32 Å². The Morgan fingerprint density at radius 3 is 3.11 bits per heavy atom. The molecular weight excluding hydrogens is 306 g/mol. The molecule has 0 bridgehead atoms. The van der Waals surface area contributed by atoms with Crippen LogP contribution in [-0.4, -0.2) is 35.9 Å². The highest BCUT2D eigenvalue weighted by atomic mass is 79.9. The van der Waals surface area contributed by atoms with Gasteiger partial charge in [0.15, 0.2) is 0 Å². The number of rotatable bonds is 4. The van der Waals surface area contributed by atoms with Crippen molar-refractivity contribution in [2.45, 2.75) is 25.7 Å². The topological polar surface area (TPSA) is 45.2 Å². The number of carbonyl (C=O) groups is 1. The van der Waals surface area contributed by atoms with Gasteiger partial charge in [-0.3, -0.25) is 4.79 Å². The fourth-order valence-electron chi connectivity index (χ4n) is 2.50. The van der Waals surface area contributed by atoms with E-state index in [4.69, 9.17) is 0 Å². The molecule has 0 aliphatic carbocycles. The highest BCUT2D eigenvalue weighted by Crippen LogP contribution is 2.20. The SMILES string of the molecule is CN1CCCC(CCC(=O)Nc2ccc(Br)cn2)C1. The van der Waals surface area contributed by atoms with Crippen LogP contribution >= 0.6 is 15.9 Å². The van der Waals surface area contributed by atoms with E-state index in [1.807, 2.05) is 6.07 Å². The van der Waals surface area contributed by atoms with E-state index in [1.165, 1.54) is 19.4 Å². The second kappa shape index (κ2) is 7.01. The van der Waals surface area contributed by atoms with E-state index in [1.54, 1.807) is 12.3 Å². The van der Waals surface area contributed by atoms with Gasteiger partial charge in [0.25, 0.3) is 0 Å². The van der Waals surface area contributed by atoms with Crippen molar-refractivity contribution >= 4 is 27.7 Å². The second-order valence-electron chi connectivity index (χ2n) is 5.22. The lowest BCUT2D eigenvalue weighted by Crippen LogP contribution is -2.32. The fraction of sp³-hybridized carbons (Fsp3) is 0.571. The molecule has 1 aliphatic heterocycles. The molecule has 1 fully saturated rings. The van der Waals surface area contributed by atoms with Crippen LogP contribution in [0.25, 0.3) is 0 Å². The van der Waals surface area contributed by atoms with Gasteiger partial charge in [-0.05, 0) is 66.8 Å². The van der Waals surface area contributed by atoms with E-state index in [-0.39, 0.29) is 5.91 Å². The van der Waals surface area contributed by atoms with Crippen LogP contribution in [0.2, 0.25) is 0 Å². The monoisotopic (exact) mass is 325 g/mol. The van der Waals surface area contributed by atoms with Crippen molar-refractivity contribution in [2.75, 3.05) is 25.5 Å². The van der Waals surface area contributed by atoms with Crippen LogP contribution in [0.4, 0.5) is 5.82 Å². The molecule has 2 heterocycles. The Labute approximate surface area is 122 Å². The maximum absolute atomic E-state index is 11.8. The molecule has 1 saturated heterocycles. The lowest BCUT2D eigenvalue weighted by atomic mass is 9.93. The summed E-state index contributed by atoms with van der Waals surface area (Å²) in [6, 6.07) is 3.68. The zero-order valence-electron chi connectivity index (χ0n) is 11.2. The number of nitrogens with one attached hydrogen (secondary N) is 1. The summed E-state index contributed by atoms with van der Waals surface area (Å²) in [6.45, 7) is 2.30. The van der Waals surface area contributed by atoms with E-state index in [2.05, 4.69) is 38.2 Å². The van der Waals surface area contributed by atoms with E-state index in [9.17, 15) is 4.79 Å². The average molecular weight is 326 g/mol. The van der Waals surface area contributed by atoms with Gasteiger partial charge in [0.2, 0.25) is 5.91 Å². The number of halogens is 1. The van der Waals surface area contributed by atoms with E-state index >= 15 is 0 Å². The molecule has 0 radical (unpaired) electrons. The van der Waals surface area contributed by atoms with Crippen LogP contribution in [-0.2, 0) is 4.79 Å². The van der Waals surface area contributed by atoms with Gasteiger partial charge in [0.05, 0.1) is 0 Å². The minimum absolute atomic E-state index is 0.0584. The minimum atomic E-state index is 0.0584. The third-order valence-corrected chi connectivity index (χ3v) is 3.97. The summed E-state index contributed by atoms with van der Waals surface area (Å²) in [4.78, 5) is 18.3. The molecule has 1 aliphatic rings. The van der Waals surface area contributed by atoms with Gasteiger partial charge in [0.1, 0.15) is 5.82 Å². The van der Waals surface area contributed by atoms with Crippen molar-refractivity contribution in [3.8, 4) is 0 Å². The normalized spacial score (nSPS) is 20.2. The smallest absolute Gasteiger partial charge is 0.225 e. The Kier molecular flexibility index (Phi) is 5.34. The molecule has 19 heavy (non-hydrogen) atoms. The summed E-state index contributed by atoms with van der Waals surface area (Å²) < 4.78 is 0.913. The fourth-order valence-corrected chi connectivity index (χ4v) is 2.73. The molecule has 1 N–H and O–H groups in total. The number of pyridine rings is 1. The highest BCUT2D eigenvalue weighted by molar-refractivity contribution is 9.10. The molecule has 2 rings (SSSR count). The molecule has 1 unspecified atom stereocenters. The lowest BCUT2D eigenvalue weighted by molar-refractivity contribution is -0.116. The number of likely N-dealkylation sites (tertiary alicyclic amines) is 1. The molecular formula is C14H20BrN3O. The molecule has 1 amide bonds. The van der Waals surface area contributed by atoms with Gasteiger partial charge < -0.3 is 10.2 Å². The third kappa shape index (κ3) is 4.91. The number of anilines is 1. The predicted octanol–water partition coefficient (Wildman–Crippen LogP) is 2.90. The number of amides is 1. The number of aromatic nitrogens is 1. The van der Waals surface area contributed by atoms with E-state index in [0.717, 1.165) is 17.4 Å². The zero-order valence-corrected chi connectivity index (χ0v) is 12.8. The largest absolute Gasteiger partial charge is 0.311 e.